The molecule has 0 radical (unpaired) electrons. The van der Waals surface area contributed by atoms with Gasteiger partial charge in [0.05, 0.1) is 13.0 Å². The van der Waals surface area contributed by atoms with Crippen molar-refractivity contribution in [1.82, 2.24) is 4.57 Å². The lowest BCUT2D eigenvalue weighted by Crippen LogP contribution is -2.11. The van der Waals surface area contributed by atoms with Gasteiger partial charge in [0.15, 0.2) is 0 Å². The second-order valence-corrected chi connectivity index (χ2v) is 9.24. The molecule has 182 valence electrons. The summed E-state index contributed by atoms with van der Waals surface area (Å²) in [5.74, 6) is -0.606. The van der Waals surface area contributed by atoms with Crippen molar-refractivity contribution in [3.63, 3.8) is 0 Å². The van der Waals surface area contributed by atoms with E-state index in [4.69, 9.17) is 4.74 Å². The van der Waals surface area contributed by atoms with Crippen molar-refractivity contribution in [2.75, 3.05) is 6.61 Å². The van der Waals surface area contributed by atoms with Crippen LogP contribution in [0, 0.1) is 5.92 Å². The second-order valence-electron chi connectivity index (χ2n) is 9.24. The fourth-order valence-electron chi connectivity index (χ4n) is 5.02. The molecule has 1 heterocycles. The molecule has 0 saturated heterocycles. The zero-order valence-corrected chi connectivity index (χ0v) is 19.8. The summed E-state index contributed by atoms with van der Waals surface area (Å²) < 4.78 is 7.64. The van der Waals surface area contributed by atoms with E-state index in [1.54, 1.807) is 10.8 Å². The highest BCUT2D eigenvalue weighted by Gasteiger charge is 2.21. The van der Waals surface area contributed by atoms with Gasteiger partial charge >= 0.3 is 11.9 Å². The Kier molecular flexibility index (Phi) is 6.58. The summed E-state index contributed by atoms with van der Waals surface area (Å²) in [4.78, 5) is 22.7. The SMILES string of the molecule is O=C(O)Cc1cn(CC(=O)O)c2cccc(C=Cc3ccc(OCC4Cc5ccccc5C4)cc3)c12. The van der Waals surface area contributed by atoms with Crippen molar-refractivity contribution in [1.29, 1.82) is 0 Å². The molecular weight excluding hydrogens is 454 g/mol. The molecule has 0 unspecified atom stereocenters. The largest absolute Gasteiger partial charge is 0.493 e. The summed E-state index contributed by atoms with van der Waals surface area (Å²) in [6.07, 6.45) is 7.46. The number of carboxylic acid groups (broad SMARTS) is 2. The first-order valence-corrected chi connectivity index (χ1v) is 12.0. The molecule has 0 spiro atoms. The summed E-state index contributed by atoms with van der Waals surface area (Å²) in [6.45, 7) is 0.462. The van der Waals surface area contributed by atoms with Crippen molar-refractivity contribution < 1.29 is 24.5 Å². The fraction of sp³-hybridized carbons (Fsp3) is 0.200. The minimum Gasteiger partial charge on any atom is -0.493 e. The van der Waals surface area contributed by atoms with Gasteiger partial charge in [-0.25, -0.2) is 0 Å². The number of hydrogen-bond acceptors (Lipinski definition) is 3. The third-order valence-electron chi connectivity index (χ3n) is 6.62. The van der Waals surface area contributed by atoms with Crippen LogP contribution in [0.3, 0.4) is 0 Å². The molecule has 36 heavy (non-hydrogen) atoms. The first-order chi connectivity index (χ1) is 17.5. The number of fused-ring (bicyclic) bond motifs is 2. The van der Waals surface area contributed by atoms with Crippen molar-refractivity contribution in [3.8, 4) is 5.75 Å². The van der Waals surface area contributed by atoms with Crippen molar-refractivity contribution in [3.05, 3.63) is 101 Å². The minimum atomic E-state index is -0.977. The molecule has 0 bridgehead atoms. The van der Waals surface area contributed by atoms with Gasteiger partial charge in [0.1, 0.15) is 12.3 Å². The Labute approximate surface area is 209 Å². The van der Waals surface area contributed by atoms with Crippen molar-refractivity contribution >= 4 is 35.0 Å². The van der Waals surface area contributed by atoms with E-state index >= 15 is 0 Å². The van der Waals surface area contributed by atoms with Gasteiger partial charge in [-0.2, -0.15) is 0 Å². The van der Waals surface area contributed by atoms with Gasteiger partial charge in [-0.3, -0.25) is 9.59 Å². The maximum absolute atomic E-state index is 11.4. The number of rotatable bonds is 9. The molecule has 0 aliphatic heterocycles. The number of ether oxygens (including phenoxy) is 1. The molecule has 6 nitrogen and oxygen atoms in total. The fourth-order valence-corrected chi connectivity index (χ4v) is 5.02. The van der Waals surface area contributed by atoms with Crippen LogP contribution in [0.1, 0.15) is 27.8 Å². The summed E-state index contributed by atoms with van der Waals surface area (Å²) in [7, 11) is 0. The van der Waals surface area contributed by atoms with E-state index < -0.39 is 11.9 Å². The van der Waals surface area contributed by atoms with E-state index in [-0.39, 0.29) is 13.0 Å². The van der Waals surface area contributed by atoms with Crippen LogP contribution in [0.4, 0.5) is 0 Å². The zero-order valence-electron chi connectivity index (χ0n) is 19.8. The number of nitrogens with zero attached hydrogens (tertiary/aromatic N) is 1. The number of benzene rings is 3. The summed E-state index contributed by atoms with van der Waals surface area (Å²) in [5.41, 5.74) is 5.97. The topological polar surface area (TPSA) is 88.8 Å². The van der Waals surface area contributed by atoms with Crippen LogP contribution in [-0.2, 0) is 35.4 Å². The van der Waals surface area contributed by atoms with E-state index in [1.807, 2.05) is 54.6 Å². The summed E-state index contributed by atoms with van der Waals surface area (Å²) in [6, 6.07) is 22.0. The van der Waals surface area contributed by atoms with Crippen molar-refractivity contribution in [2.24, 2.45) is 5.92 Å². The second kappa shape index (κ2) is 10.1. The summed E-state index contributed by atoms with van der Waals surface area (Å²) in [5, 5.41) is 19.3. The van der Waals surface area contributed by atoms with Gasteiger partial charge in [-0.05, 0) is 58.9 Å². The molecule has 4 aromatic rings. The standard InChI is InChI=1S/C30H27NO5/c32-28(33)16-25-17-31(18-29(34)35)27-7-3-6-22(30(25)27)11-8-20-9-12-26(13-10-20)36-19-21-14-23-4-1-2-5-24(23)15-21/h1-13,17,21H,14-16,18-19H2,(H,32,33)(H,34,35). The smallest absolute Gasteiger partial charge is 0.323 e. The molecule has 0 saturated carbocycles. The Morgan fingerprint density at radius 1 is 0.889 bits per heavy atom. The van der Waals surface area contributed by atoms with Crippen LogP contribution in [0.5, 0.6) is 5.75 Å². The predicted octanol–water partition coefficient (Wildman–Crippen LogP) is 5.32. The number of carboxylic acids is 2. The van der Waals surface area contributed by atoms with Gasteiger partial charge in [0.2, 0.25) is 0 Å². The molecule has 0 amide bonds. The van der Waals surface area contributed by atoms with E-state index in [2.05, 4.69) is 24.3 Å². The van der Waals surface area contributed by atoms with Crippen LogP contribution in [0.15, 0.2) is 72.9 Å². The lowest BCUT2D eigenvalue weighted by Gasteiger charge is -2.11. The first-order valence-electron chi connectivity index (χ1n) is 12.0. The molecule has 6 heteroatoms. The lowest BCUT2D eigenvalue weighted by atomic mass is 10.0. The van der Waals surface area contributed by atoms with Crippen LogP contribution in [0.25, 0.3) is 23.1 Å². The van der Waals surface area contributed by atoms with E-state index in [0.29, 0.717) is 23.6 Å². The third kappa shape index (κ3) is 5.18. The summed E-state index contributed by atoms with van der Waals surface area (Å²) >= 11 is 0. The maximum atomic E-state index is 11.4. The molecular formula is C30H27NO5. The predicted molar refractivity (Wildman–Crippen MR) is 139 cm³/mol. The molecule has 2 N–H and O–H groups in total. The normalized spacial score (nSPS) is 13.3. The minimum absolute atomic E-state index is 0.175. The number of aliphatic carboxylic acids is 2. The molecule has 1 aliphatic carbocycles. The Morgan fingerprint density at radius 2 is 1.61 bits per heavy atom. The quantitative estimate of drug-likeness (QED) is 0.316. The Bertz CT molecular complexity index is 1420. The molecule has 0 atom stereocenters. The van der Waals surface area contributed by atoms with Crippen LogP contribution in [-0.4, -0.2) is 33.3 Å². The highest BCUT2D eigenvalue weighted by molar-refractivity contribution is 5.96. The number of carbonyl (C=O) groups is 2. The Hall–Kier alpha value is -4.32. The lowest BCUT2D eigenvalue weighted by molar-refractivity contribution is -0.138. The molecule has 3 aromatic carbocycles. The van der Waals surface area contributed by atoms with Gasteiger partial charge in [-0.15, -0.1) is 0 Å². The van der Waals surface area contributed by atoms with Crippen LogP contribution >= 0.6 is 0 Å². The van der Waals surface area contributed by atoms with Crippen molar-refractivity contribution in [2.45, 2.75) is 25.8 Å². The molecule has 1 aliphatic rings. The van der Waals surface area contributed by atoms with Gasteiger partial charge in [0.25, 0.3) is 0 Å². The van der Waals surface area contributed by atoms with Gasteiger partial charge < -0.3 is 19.5 Å². The average Bonchev–Trinajstić information content (AvgIpc) is 3.43. The highest BCUT2D eigenvalue weighted by atomic mass is 16.5. The highest BCUT2D eigenvalue weighted by Crippen LogP contribution is 2.29. The van der Waals surface area contributed by atoms with Gasteiger partial charge in [-0.1, -0.05) is 60.7 Å². The van der Waals surface area contributed by atoms with Crippen LogP contribution in [0.2, 0.25) is 0 Å². The zero-order chi connectivity index (χ0) is 25.1. The van der Waals surface area contributed by atoms with E-state index in [9.17, 15) is 19.8 Å². The maximum Gasteiger partial charge on any atom is 0.323 e. The molecule has 5 rings (SSSR count). The van der Waals surface area contributed by atoms with E-state index in [0.717, 1.165) is 35.1 Å². The average molecular weight is 482 g/mol. The molecule has 1 aromatic heterocycles. The van der Waals surface area contributed by atoms with Gasteiger partial charge in [0, 0.05) is 23.0 Å². The Morgan fingerprint density at radius 3 is 2.28 bits per heavy atom. The number of aromatic nitrogens is 1. The monoisotopic (exact) mass is 481 g/mol. The molecule has 0 fully saturated rings. The van der Waals surface area contributed by atoms with Crippen LogP contribution < -0.4 is 4.74 Å². The third-order valence-corrected chi connectivity index (χ3v) is 6.62. The number of hydrogen-bond donors (Lipinski definition) is 2. The Balaban J connectivity index is 1.30. The van der Waals surface area contributed by atoms with E-state index in [1.165, 1.54) is 11.1 Å². The first kappa shape index (κ1) is 23.4.